The average molecular weight is 245 g/mol. The third-order valence-electron chi connectivity index (χ3n) is 2.16. The summed E-state index contributed by atoms with van der Waals surface area (Å²) < 4.78 is 1.29. The van der Waals surface area contributed by atoms with Crippen LogP contribution in [0.1, 0.15) is 5.56 Å². The highest BCUT2D eigenvalue weighted by Crippen LogP contribution is 2.37. The molecule has 0 radical (unpaired) electrons. The van der Waals surface area contributed by atoms with Crippen LogP contribution >= 0.6 is 23.4 Å². The van der Waals surface area contributed by atoms with Crippen molar-refractivity contribution in [3.8, 4) is 0 Å². The number of benzene rings is 1. The summed E-state index contributed by atoms with van der Waals surface area (Å²) in [6, 6.07) is 7.03. The van der Waals surface area contributed by atoms with Crippen molar-refractivity contribution in [2.24, 2.45) is 0 Å². The molecule has 0 N–H and O–H groups in total. The molecule has 15 heavy (non-hydrogen) atoms. The van der Waals surface area contributed by atoms with Crippen molar-refractivity contribution < 1.29 is 4.92 Å². The van der Waals surface area contributed by atoms with Crippen LogP contribution in [0.25, 0.3) is 5.03 Å². The molecule has 0 amide bonds. The molecule has 2 rings (SSSR count). The van der Waals surface area contributed by atoms with Gasteiger partial charge in [-0.2, -0.15) is 0 Å². The molecule has 1 heterocycles. The lowest BCUT2D eigenvalue weighted by molar-refractivity contribution is -0.424. The average Bonchev–Trinajstić information content (AvgIpc) is 2.23. The predicted molar refractivity (Wildman–Crippen MR) is 59.4 cm³/mol. The number of nitrogens with zero attached hydrogens (tertiary/aromatic N) is 2. The van der Waals surface area contributed by atoms with Crippen molar-refractivity contribution in [2.75, 3.05) is 11.0 Å². The fourth-order valence-corrected chi connectivity index (χ4v) is 2.00. The van der Waals surface area contributed by atoms with Gasteiger partial charge in [-0.25, -0.2) is 0 Å². The molecular weight excluding hydrogens is 239 g/mol. The molecule has 0 atom stereocenters. The molecule has 1 aliphatic rings. The highest BCUT2D eigenvalue weighted by Gasteiger charge is 2.29. The summed E-state index contributed by atoms with van der Waals surface area (Å²) in [4.78, 5) is 10.2. The molecular formula is C9H6Cl2N2O2. The molecule has 1 aromatic carbocycles. The van der Waals surface area contributed by atoms with Gasteiger partial charge in [0.15, 0.2) is 0 Å². The Kier molecular flexibility index (Phi) is 2.54. The van der Waals surface area contributed by atoms with Gasteiger partial charge in [-0.15, -0.1) is 0 Å². The number of hydrogen-bond acceptors (Lipinski definition) is 3. The number of rotatable bonds is 1. The lowest BCUT2D eigenvalue weighted by Gasteiger charge is -2.22. The van der Waals surface area contributed by atoms with Gasteiger partial charge in [0.2, 0.25) is 0 Å². The number of hydrogen-bond donors (Lipinski definition) is 0. The molecule has 78 valence electrons. The van der Waals surface area contributed by atoms with Gasteiger partial charge in [0.05, 0.1) is 10.6 Å². The monoisotopic (exact) mass is 244 g/mol. The maximum Gasteiger partial charge on any atom is 0.285 e. The van der Waals surface area contributed by atoms with Crippen molar-refractivity contribution in [1.82, 2.24) is 0 Å². The highest BCUT2D eigenvalue weighted by atomic mass is 35.5. The van der Waals surface area contributed by atoms with Gasteiger partial charge >= 0.3 is 0 Å². The molecule has 6 heteroatoms. The zero-order chi connectivity index (χ0) is 11.0. The van der Waals surface area contributed by atoms with Crippen molar-refractivity contribution >= 4 is 34.1 Å². The standard InChI is InChI=1S/C9H6Cl2N2O2/c10-9-6-3-1-2-4-7(6)12(11)5-8(9)13(14)15/h1-4H,5H2. The Hall–Kier alpha value is -1.26. The maximum atomic E-state index is 10.7. The zero-order valence-electron chi connectivity index (χ0n) is 7.48. The maximum absolute atomic E-state index is 10.7. The van der Waals surface area contributed by atoms with E-state index in [0.29, 0.717) is 11.3 Å². The SMILES string of the molecule is O=[N+]([O-])C1=C(Cl)c2ccccc2N(Cl)C1. The fourth-order valence-electron chi connectivity index (χ4n) is 1.45. The molecule has 0 saturated carbocycles. The van der Waals surface area contributed by atoms with Crippen molar-refractivity contribution in [3.05, 3.63) is 45.6 Å². The van der Waals surface area contributed by atoms with E-state index >= 15 is 0 Å². The van der Waals surface area contributed by atoms with Gasteiger partial charge in [0, 0.05) is 17.3 Å². The summed E-state index contributed by atoms with van der Waals surface area (Å²) in [5.41, 5.74) is 1.20. The van der Waals surface area contributed by atoms with Crippen LogP contribution in [0.15, 0.2) is 30.0 Å². The van der Waals surface area contributed by atoms with E-state index in [2.05, 4.69) is 0 Å². The fraction of sp³-hybridized carbons (Fsp3) is 0.111. The van der Waals surface area contributed by atoms with E-state index in [1.807, 2.05) is 0 Å². The van der Waals surface area contributed by atoms with E-state index in [1.54, 1.807) is 24.3 Å². The molecule has 4 nitrogen and oxygen atoms in total. The number of fused-ring (bicyclic) bond motifs is 1. The second kappa shape index (κ2) is 3.72. The first-order chi connectivity index (χ1) is 7.11. The summed E-state index contributed by atoms with van der Waals surface area (Å²) in [7, 11) is 0. The molecule has 0 saturated heterocycles. The lowest BCUT2D eigenvalue weighted by atomic mass is 10.1. The summed E-state index contributed by atoms with van der Waals surface area (Å²) in [6.07, 6.45) is 0. The van der Waals surface area contributed by atoms with Gasteiger partial charge in [-0.05, 0) is 6.07 Å². The van der Waals surface area contributed by atoms with E-state index in [9.17, 15) is 10.1 Å². The van der Waals surface area contributed by atoms with Crippen LogP contribution in [0, 0.1) is 10.1 Å². The Morgan fingerprint density at radius 1 is 1.40 bits per heavy atom. The molecule has 1 aromatic rings. The summed E-state index contributed by atoms with van der Waals surface area (Å²) >= 11 is 11.8. The number of para-hydroxylation sites is 1. The largest absolute Gasteiger partial charge is 0.285 e. The quantitative estimate of drug-likeness (QED) is 0.434. The van der Waals surface area contributed by atoms with Gasteiger partial charge < -0.3 is 0 Å². The van der Waals surface area contributed by atoms with E-state index in [-0.39, 0.29) is 17.3 Å². The number of nitro groups is 1. The minimum atomic E-state index is -0.506. The Labute approximate surface area is 96.0 Å². The topological polar surface area (TPSA) is 46.4 Å². The smallest absolute Gasteiger partial charge is 0.274 e. The molecule has 0 fully saturated rings. The highest BCUT2D eigenvalue weighted by molar-refractivity contribution is 6.50. The van der Waals surface area contributed by atoms with Crippen LogP contribution in [-0.4, -0.2) is 11.5 Å². The Morgan fingerprint density at radius 3 is 2.73 bits per heavy atom. The lowest BCUT2D eigenvalue weighted by Crippen LogP contribution is -2.23. The molecule has 0 unspecified atom stereocenters. The zero-order valence-corrected chi connectivity index (χ0v) is 9.00. The first kappa shape index (κ1) is 10.3. The molecule has 1 aliphatic heterocycles. The van der Waals surface area contributed by atoms with Crippen LogP contribution < -0.4 is 4.42 Å². The summed E-state index contributed by atoms with van der Waals surface area (Å²) in [5.74, 6) is 0. The van der Waals surface area contributed by atoms with E-state index < -0.39 is 4.92 Å². The molecule has 0 aromatic heterocycles. The van der Waals surface area contributed by atoms with Gasteiger partial charge in [-0.1, -0.05) is 29.8 Å². The van der Waals surface area contributed by atoms with E-state index in [4.69, 9.17) is 23.4 Å². The summed E-state index contributed by atoms with van der Waals surface area (Å²) in [5, 5.41) is 10.9. The third-order valence-corrected chi connectivity index (χ3v) is 2.89. The van der Waals surface area contributed by atoms with Gasteiger partial charge in [0.1, 0.15) is 11.6 Å². The minimum Gasteiger partial charge on any atom is -0.274 e. The normalized spacial score (nSPS) is 15.2. The second-order valence-electron chi connectivity index (χ2n) is 3.06. The van der Waals surface area contributed by atoms with Crippen molar-refractivity contribution in [1.29, 1.82) is 0 Å². The van der Waals surface area contributed by atoms with Crippen molar-refractivity contribution in [2.45, 2.75) is 0 Å². The van der Waals surface area contributed by atoms with Crippen LogP contribution in [-0.2, 0) is 0 Å². The Balaban J connectivity index is 2.62. The minimum absolute atomic E-state index is 0.00437. The third kappa shape index (κ3) is 1.66. The van der Waals surface area contributed by atoms with Gasteiger partial charge in [0.25, 0.3) is 5.70 Å². The van der Waals surface area contributed by atoms with Crippen LogP contribution in [0.5, 0.6) is 0 Å². The molecule has 0 spiro atoms. The first-order valence-corrected chi connectivity index (χ1v) is 4.88. The number of halogens is 2. The second-order valence-corrected chi connectivity index (χ2v) is 3.84. The summed E-state index contributed by atoms with van der Waals surface area (Å²) in [6.45, 7) is 0.00437. The van der Waals surface area contributed by atoms with Crippen LogP contribution in [0.3, 0.4) is 0 Å². The van der Waals surface area contributed by atoms with Crippen LogP contribution in [0.4, 0.5) is 5.69 Å². The van der Waals surface area contributed by atoms with Crippen LogP contribution in [0.2, 0.25) is 0 Å². The van der Waals surface area contributed by atoms with Gasteiger partial charge in [-0.3, -0.25) is 14.5 Å². The number of anilines is 1. The van der Waals surface area contributed by atoms with Crippen molar-refractivity contribution in [3.63, 3.8) is 0 Å². The molecule has 0 aliphatic carbocycles. The van der Waals surface area contributed by atoms with E-state index in [0.717, 1.165) is 0 Å². The predicted octanol–water partition coefficient (Wildman–Crippen LogP) is 2.84. The Morgan fingerprint density at radius 2 is 2.07 bits per heavy atom. The van der Waals surface area contributed by atoms with E-state index in [1.165, 1.54) is 4.42 Å². The molecule has 0 bridgehead atoms. The first-order valence-electron chi connectivity index (χ1n) is 4.17. The Bertz CT molecular complexity index is 459.